The van der Waals surface area contributed by atoms with Crippen molar-refractivity contribution in [3.8, 4) is 17.4 Å². The summed E-state index contributed by atoms with van der Waals surface area (Å²) in [7, 11) is 0. The van der Waals surface area contributed by atoms with E-state index in [2.05, 4.69) is 9.97 Å². The maximum atomic E-state index is 12.4. The molecule has 0 spiro atoms. The highest BCUT2D eigenvalue weighted by Gasteiger charge is 2.29. The Hall–Kier alpha value is -3.01. The summed E-state index contributed by atoms with van der Waals surface area (Å²) in [6, 6.07) is 5.73. The summed E-state index contributed by atoms with van der Waals surface area (Å²) in [4.78, 5) is 19.9. The standard InChI is InChI=1S/C17H13ClF3N3O4/c1-2-26-16(25)13-14(18)24-8-10(5-6-12(24)23-13)28-15-11(4-3-7-22-15)27-9-17(19,20)21/h3-8H,2,9H2,1H3. The zero-order valence-corrected chi connectivity index (χ0v) is 15.1. The number of hydrogen-bond donors (Lipinski definition) is 0. The van der Waals surface area contributed by atoms with Gasteiger partial charge in [-0.15, -0.1) is 0 Å². The molecule has 11 heteroatoms. The Balaban J connectivity index is 1.87. The van der Waals surface area contributed by atoms with Gasteiger partial charge in [-0.1, -0.05) is 11.6 Å². The molecule has 0 aliphatic heterocycles. The van der Waals surface area contributed by atoms with Crippen LogP contribution in [0.4, 0.5) is 13.2 Å². The predicted molar refractivity (Wildman–Crippen MR) is 92.0 cm³/mol. The molecule has 0 saturated heterocycles. The summed E-state index contributed by atoms with van der Waals surface area (Å²) >= 11 is 6.17. The zero-order chi connectivity index (χ0) is 20.3. The lowest BCUT2D eigenvalue weighted by atomic mass is 10.4. The van der Waals surface area contributed by atoms with Crippen LogP contribution in [0.2, 0.25) is 5.15 Å². The number of rotatable bonds is 6. The van der Waals surface area contributed by atoms with Crippen LogP contribution in [-0.2, 0) is 4.74 Å². The fourth-order valence-electron chi connectivity index (χ4n) is 2.22. The molecule has 3 rings (SSSR count). The van der Waals surface area contributed by atoms with E-state index >= 15 is 0 Å². The first-order chi connectivity index (χ1) is 13.3. The first-order valence-electron chi connectivity index (χ1n) is 7.95. The molecule has 0 N–H and O–H groups in total. The molecule has 0 aliphatic rings. The van der Waals surface area contributed by atoms with Crippen LogP contribution in [0.3, 0.4) is 0 Å². The first kappa shape index (κ1) is 19.7. The Labute approximate surface area is 161 Å². The Morgan fingerprint density at radius 1 is 1.29 bits per heavy atom. The second-order valence-electron chi connectivity index (χ2n) is 5.38. The number of ether oxygens (including phenoxy) is 3. The van der Waals surface area contributed by atoms with Crippen molar-refractivity contribution < 1.29 is 32.2 Å². The van der Waals surface area contributed by atoms with Crippen molar-refractivity contribution in [2.75, 3.05) is 13.2 Å². The minimum Gasteiger partial charge on any atom is -0.478 e. The van der Waals surface area contributed by atoms with Gasteiger partial charge >= 0.3 is 12.1 Å². The molecule has 0 amide bonds. The lowest BCUT2D eigenvalue weighted by Crippen LogP contribution is -2.19. The molecule has 0 aliphatic carbocycles. The van der Waals surface area contributed by atoms with E-state index in [0.717, 1.165) is 0 Å². The largest absolute Gasteiger partial charge is 0.478 e. The third kappa shape index (κ3) is 4.45. The van der Waals surface area contributed by atoms with Crippen LogP contribution in [0.5, 0.6) is 17.4 Å². The highest BCUT2D eigenvalue weighted by molar-refractivity contribution is 6.32. The predicted octanol–water partition coefficient (Wildman–Crippen LogP) is 4.29. The van der Waals surface area contributed by atoms with Gasteiger partial charge in [-0.05, 0) is 31.2 Å². The van der Waals surface area contributed by atoms with Crippen molar-refractivity contribution in [1.82, 2.24) is 14.4 Å². The van der Waals surface area contributed by atoms with Crippen molar-refractivity contribution >= 4 is 23.2 Å². The Kier molecular flexibility index (Phi) is 5.59. The van der Waals surface area contributed by atoms with Gasteiger partial charge in [0.1, 0.15) is 16.5 Å². The van der Waals surface area contributed by atoms with E-state index in [1.807, 2.05) is 0 Å². The normalized spacial score (nSPS) is 11.5. The highest BCUT2D eigenvalue weighted by atomic mass is 35.5. The van der Waals surface area contributed by atoms with Gasteiger partial charge in [0, 0.05) is 6.20 Å². The molecule has 3 heterocycles. The molecule has 0 fully saturated rings. The smallest absolute Gasteiger partial charge is 0.422 e. The van der Waals surface area contributed by atoms with Crippen LogP contribution in [0, 0.1) is 0 Å². The maximum Gasteiger partial charge on any atom is 0.422 e. The topological polar surface area (TPSA) is 75.0 Å². The molecule has 7 nitrogen and oxygen atoms in total. The molecule has 3 aromatic rings. The van der Waals surface area contributed by atoms with Gasteiger partial charge in [-0.25, -0.2) is 14.8 Å². The van der Waals surface area contributed by atoms with Gasteiger partial charge in [-0.2, -0.15) is 13.2 Å². The number of halogens is 4. The van der Waals surface area contributed by atoms with Gasteiger partial charge in [0.2, 0.25) is 0 Å². The molecular weight excluding hydrogens is 403 g/mol. The summed E-state index contributed by atoms with van der Waals surface area (Å²) in [5, 5.41) is 0.00784. The fraction of sp³-hybridized carbons (Fsp3) is 0.235. The highest BCUT2D eigenvalue weighted by Crippen LogP contribution is 2.31. The number of nitrogens with zero attached hydrogens (tertiary/aromatic N) is 3. The summed E-state index contributed by atoms with van der Waals surface area (Å²) in [5.74, 6) is -0.819. The summed E-state index contributed by atoms with van der Waals surface area (Å²) in [5.41, 5.74) is 0.294. The van der Waals surface area contributed by atoms with E-state index in [9.17, 15) is 18.0 Å². The van der Waals surface area contributed by atoms with Crippen molar-refractivity contribution in [2.45, 2.75) is 13.1 Å². The Morgan fingerprint density at radius 2 is 2.07 bits per heavy atom. The summed E-state index contributed by atoms with van der Waals surface area (Å²) in [6.07, 6.45) is -1.74. The Bertz CT molecular complexity index is 1010. The van der Waals surface area contributed by atoms with Crippen molar-refractivity contribution in [3.63, 3.8) is 0 Å². The van der Waals surface area contributed by atoms with Gasteiger partial charge in [0.25, 0.3) is 5.88 Å². The third-order valence-corrected chi connectivity index (χ3v) is 3.71. The quantitative estimate of drug-likeness (QED) is 0.559. The van der Waals surface area contributed by atoms with E-state index in [0.29, 0.717) is 5.65 Å². The summed E-state index contributed by atoms with van der Waals surface area (Å²) in [6.45, 7) is 0.334. The number of fused-ring (bicyclic) bond motifs is 1. The number of hydrogen-bond acceptors (Lipinski definition) is 6. The monoisotopic (exact) mass is 415 g/mol. The number of esters is 1. The van der Waals surface area contributed by atoms with Gasteiger partial charge in [0.05, 0.1) is 12.8 Å². The number of carbonyl (C=O) groups is 1. The molecule has 0 saturated carbocycles. The van der Waals surface area contributed by atoms with Crippen LogP contribution < -0.4 is 9.47 Å². The van der Waals surface area contributed by atoms with Crippen molar-refractivity contribution in [2.24, 2.45) is 0 Å². The lowest BCUT2D eigenvalue weighted by molar-refractivity contribution is -0.153. The van der Waals surface area contributed by atoms with E-state index < -0.39 is 18.8 Å². The Morgan fingerprint density at radius 3 is 2.79 bits per heavy atom. The SMILES string of the molecule is CCOC(=O)c1nc2ccc(Oc3ncccc3OCC(F)(F)F)cn2c1Cl. The third-order valence-electron chi connectivity index (χ3n) is 3.34. The van der Waals surface area contributed by atoms with Crippen molar-refractivity contribution in [3.05, 3.63) is 47.5 Å². The number of alkyl halides is 3. The van der Waals surface area contributed by atoms with Crippen LogP contribution in [-0.4, -0.2) is 39.7 Å². The molecule has 148 valence electrons. The number of aromatic nitrogens is 3. The molecular formula is C17H13ClF3N3O4. The number of carbonyl (C=O) groups excluding carboxylic acids is 1. The van der Waals surface area contributed by atoms with E-state index in [1.165, 1.54) is 41.1 Å². The number of imidazole rings is 1. The molecule has 0 aromatic carbocycles. The fourth-order valence-corrected chi connectivity index (χ4v) is 2.47. The average Bonchev–Trinajstić information content (AvgIpc) is 2.97. The zero-order valence-electron chi connectivity index (χ0n) is 14.4. The van der Waals surface area contributed by atoms with Crippen molar-refractivity contribution in [1.29, 1.82) is 0 Å². The minimum absolute atomic E-state index is 0.00784. The lowest BCUT2D eigenvalue weighted by Gasteiger charge is -2.12. The molecule has 0 atom stereocenters. The summed E-state index contributed by atoms with van der Waals surface area (Å²) < 4.78 is 53.7. The van der Waals surface area contributed by atoms with Crippen LogP contribution in [0.1, 0.15) is 17.4 Å². The van der Waals surface area contributed by atoms with Crippen LogP contribution in [0.15, 0.2) is 36.7 Å². The molecule has 3 aromatic heterocycles. The van der Waals surface area contributed by atoms with E-state index in [4.69, 9.17) is 25.8 Å². The van der Waals surface area contributed by atoms with Gasteiger partial charge in [-0.3, -0.25) is 4.40 Å². The molecule has 0 radical (unpaired) electrons. The molecule has 0 bridgehead atoms. The number of pyridine rings is 2. The first-order valence-corrected chi connectivity index (χ1v) is 8.33. The minimum atomic E-state index is -4.50. The van der Waals surface area contributed by atoms with E-state index in [-0.39, 0.29) is 34.8 Å². The molecule has 0 unspecified atom stereocenters. The van der Waals surface area contributed by atoms with Gasteiger partial charge < -0.3 is 14.2 Å². The maximum absolute atomic E-state index is 12.4. The average molecular weight is 416 g/mol. The second-order valence-corrected chi connectivity index (χ2v) is 5.74. The van der Waals surface area contributed by atoms with Crippen LogP contribution in [0.25, 0.3) is 5.65 Å². The van der Waals surface area contributed by atoms with Crippen LogP contribution >= 0.6 is 11.6 Å². The van der Waals surface area contributed by atoms with Gasteiger partial charge in [0.15, 0.2) is 18.1 Å². The second kappa shape index (κ2) is 7.93. The van der Waals surface area contributed by atoms with E-state index in [1.54, 1.807) is 6.92 Å². The molecule has 28 heavy (non-hydrogen) atoms.